The first-order valence-electron chi connectivity index (χ1n) is 7.82. The minimum Gasteiger partial charge on any atom is -0.497 e. The lowest BCUT2D eigenvalue weighted by molar-refractivity contribution is -0.115. The summed E-state index contributed by atoms with van der Waals surface area (Å²) in [5.74, 6) is 0.369. The molecule has 3 rings (SSSR count). The molecule has 0 bridgehead atoms. The standard InChI is InChI=1S/C19H18FN3O2/c1-25-18-8-4-14(5-9-18)10-19(24)22-17-11-21-23(13-17)12-15-2-6-16(20)7-3-15/h2-9,11,13H,10,12H2,1H3,(H,22,24). The molecule has 1 N–H and O–H groups in total. The number of halogens is 1. The molecular formula is C19H18FN3O2. The predicted molar refractivity (Wildman–Crippen MR) is 93.1 cm³/mol. The van der Waals surface area contributed by atoms with E-state index in [2.05, 4.69) is 10.4 Å². The molecule has 1 heterocycles. The van der Waals surface area contributed by atoms with Crippen molar-refractivity contribution in [3.05, 3.63) is 77.9 Å². The number of benzene rings is 2. The molecule has 6 heteroatoms. The van der Waals surface area contributed by atoms with Crippen molar-refractivity contribution in [1.29, 1.82) is 0 Å². The van der Waals surface area contributed by atoms with Crippen LogP contribution in [0, 0.1) is 5.82 Å². The minimum atomic E-state index is -0.268. The highest BCUT2D eigenvalue weighted by Gasteiger charge is 2.07. The molecule has 1 amide bonds. The first-order chi connectivity index (χ1) is 12.1. The molecular weight excluding hydrogens is 321 g/mol. The lowest BCUT2D eigenvalue weighted by atomic mass is 10.1. The summed E-state index contributed by atoms with van der Waals surface area (Å²) in [6, 6.07) is 13.6. The third-order valence-electron chi connectivity index (χ3n) is 3.70. The molecule has 0 fully saturated rings. The van der Waals surface area contributed by atoms with Crippen LogP contribution in [-0.2, 0) is 17.8 Å². The van der Waals surface area contributed by atoms with Crippen molar-refractivity contribution in [2.75, 3.05) is 12.4 Å². The van der Waals surface area contributed by atoms with Gasteiger partial charge < -0.3 is 10.1 Å². The maximum atomic E-state index is 12.9. The minimum absolute atomic E-state index is 0.119. The largest absolute Gasteiger partial charge is 0.497 e. The quantitative estimate of drug-likeness (QED) is 0.750. The van der Waals surface area contributed by atoms with Crippen LogP contribution < -0.4 is 10.1 Å². The predicted octanol–water partition coefficient (Wildman–Crippen LogP) is 3.26. The highest BCUT2D eigenvalue weighted by Crippen LogP contribution is 2.13. The summed E-state index contributed by atoms with van der Waals surface area (Å²) < 4.78 is 19.7. The van der Waals surface area contributed by atoms with Gasteiger partial charge in [0.15, 0.2) is 0 Å². The Morgan fingerprint density at radius 3 is 2.48 bits per heavy atom. The van der Waals surface area contributed by atoms with Crippen molar-refractivity contribution in [2.24, 2.45) is 0 Å². The molecule has 3 aromatic rings. The van der Waals surface area contributed by atoms with Crippen molar-refractivity contribution < 1.29 is 13.9 Å². The number of ether oxygens (including phenoxy) is 1. The monoisotopic (exact) mass is 339 g/mol. The molecule has 0 unspecified atom stereocenters. The first kappa shape index (κ1) is 16.7. The second-order valence-corrected chi connectivity index (χ2v) is 5.63. The number of rotatable bonds is 6. The normalized spacial score (nSPS) is 10.5. The fourth-order valence-electron chi connectivity index (χ4n) is 2.43. The van der Waals surface area contributed by atoms with Crippen LogP contribution in [0.2, 0.25) is 0 Å². The van der Waals surface area contributed by atoms with Gasteiger partial charge in [-0.2, -0.15) is 5.10 Å². The molecule has 0 aliphatic rings. The van der Waals surface area contributed by atoms with Crippen LogP contribution in [0.15, 0.2) is 60.9 Å². The van der Waals surface area contributed by atoms with E-state index in [1.165, 1.54) is 12.1 Å². The van der Waals surface area contributed by atoms with E-state index in [-0.39, 0.29) is 18.1 Å². The molecule has 0 atom stereocenters. The molecule has 0 radical (unpaired) electrons. The molecule has 0 saturated carbocycles. The van der Waals surface area contributed by atoms with E-state index in [4.69, 9.17) is 4.74 Å². The van der Waals surface area contributed by atoms with Gasteiger partial charge in [0, 0.05) is 6.20 Å². The Kier molecular flexibility index (Phi) is 5.09. The van der Waals surface area contributed by atoms with E-state index in [1.54, 1.807) is 36.3 Å². The van der Waals surface area contributed by atoms with Crippen LogP contribution in [0.1, 0.15) is 11.1 Å². The number of aromatic nitrogens is 2. The first-order valence-corrected chi connectivity index (χ1v) is 7.82. The van der Waals surface area contributed by atoms with E-state index in [0.717, 1.165) is 16.9 Å². The summed E-state index contributed by atoms with van der Waals surface area (Å²) in [5, 5.41) is 7.03. The van der Waals surface area contributed by atoms with Crippen molar-refractivity contribution in [3.63, 3.8) is 0 Å². The van der Waals surface area contributed by atoms with Crippen LogP contribution in [0.3, 0.4) is 0 Å². The topological polar surface area (TPSA) is 56.1 Å². The molecule has 0 spiro atoms. The third-order valence-corrected chi connectivity index (χ3v) is 3.70. The van der Waals surface area contributed by atoms with Crippen molar-refractivity contribution in [3.8, 4) is 5.75 Å². The second-order valence-electron chi connectivity index (χ2n) is 5.63. The zero-order chi connectivity index (χ0) is 17.6. The number of carbonyl (C=O) groups is 1. The van der Waals surface area contributed by atoms with E-state index < -0.39 is 0 Å². The maximum absolute atomic E-state index is 12.9. The SMILES string of the molecule is COc1ccc(CC(=O)Nc2cnn(Cc3ccc(F)cc3)c2)cc1. The highest BCUT2D eigenvalue weighted by molar-refractivity contribution is 5.92. The molecule has 2 aromatic carbocycles. The Labute approximate surface area is 145 Å². The van der Waals surface area contributed by atoms with Crippen LogP contribution >= 0.6 is 0 Å². The molecule has 25 heavy (non-hydrogen) atoms. The number of carbonyl (C=O) groups excluding carboxylic acids is 1. The number of anilines is 1. The Morgan fingerprint density at radius 2 is 1.80 bits per heavy atom. The smallest absolute Gasteiger partial charge is 0.228 e. The Morgan fingerprint density at radius 1 is 1.12 bits per heavy atom. The summed E-state index contributed by atoms with van der Waals surface area (Å²) in [7, 11) is 1.60. The second kappa shape index (κ2) is 7.61. The number of amides is 1. The van der Waals surface area contributed by atoms with Crippen LogP contribution in [0.5, 0.6) is 5.75 Å². The number of nitrogens with one attached hydrogen (secondary N) is 1. The molecule has 0 aliphatic carbocycles. The van der Waals surface area contributed by atoms with Gasteiger partial charge in [0.1, 0.15) is 11.6 Å². The average molecular weight is 339 g/mol. The summed E-state index contributed by atoms with van der Waals surface area (Å²) in [5.41, 5.74) is 2.46. The summed E-state index contributed by atoms with van der Waals surface area (Å²) in [4.78, 5) is 12.1. The fraction of sp³-hybridized carbons (Fsp3) is 0.158. The van der Waals surface area contributed by atoms with Gasteiger partial charge in [-0.3, -0.25) is 9.48 Å². The molecule has 0 aliphatic heterocycles. The number of nitrogens with zero attached hydrogens (tertiary/aromatic N) is 2. The van der Waals surface area contributed by atoms with Crippen molar-refractivity contribution >= 4 is 11.6 Å². The average Bonchev–Trinajstić information content (AvgIpc) is 3.04. The van der Waals surface area contributed by atoms with Crippen LogP contribution in [-0.4, -0.2) is 22.8 Å². The van der Waals surface area contributed by atoms with Crippen molar-refractivity contribution in [1.82, 2.24) is 9.78 Å². The summed E-state index contributed by atoms with van der Waals surface area (Å²) in [6.45, 7) is 0.509. The van der Waals surface area contributed by atoms with Gasteiger partial charge in [-0.15, -0.1) is 0 Å². The van der Waals surface area contributed by atoms with E-state index in [9.17, 15) is 9.18 Å². The molecule has 0 saturated heterocycles. The van der Waals surface area contributed by atoms with Gasteiger partial charge in [0.25, 0.3) is 0 Å². The summed E-state index contributed by atoms with van der Waals surface area (Å²) >= 11 is 0. The van der Waals surface area contributed by atoms with Gasteiger partial charge in [0.2, 0.25) is 5.91 Å². The fourth-order valence-corrected chi connectivity index (χ4v) is 2.43. The Hall–Kier alpha value is -3.15. The Bertz CT molecular complexity index is 842. The van der Waals surface area contributed by atoms with Crippen LogP contribution in [0.4, 0.5) is 10.1 Å². The van der Waals surface area contributed by atoms with E-state index in [1.807, 2.05) is 24.3 Å². The van der Waals surface area contributed by atoms with Gasteiger partial charge in [0.05, 0.1) is 32.0 Å². The zero-order valence-corrected chi connectivity index (χ0v) is 13.8. The highest BCUT2D eigenvalue weighted by atomic mass is 19.1. The molecule has 5 nitrogen and oxygen atoms in total. The van der Waals surface area contributed by atoms with Gasteiger partial charge in [-0.05, 0) is 35.4 Å². The van der Waals surface area contributed by atoms with Crippen LogP contribution in [0.25, 0.3) is 0 Å². The van der Waals surface area contributed by atoms with Gasteiger partial charge in [-0.1, -0.05) is 24.3 Å². The van der Waals surface area contributed by atoms with E-state index >= 15 is 0 Å². The summed E-state index contributed by atoms with van der Waals surface area (Å²) in [6.07, 6.45) is 3.61. The van der Waals surface area contributed by atoms with Gasteiger partial charge >= 0.3 is 0 Å². The van der Waals surface area contributed by atoms with Gasteiger partial charge in [-0.25, -0.2) is 4.39 Å². The third kappa shape index (κ3) is 4.67. The number of methoxy groups -OCH3 is 1. The number of hydrogen-bond donors (Lipinski definition) is 1. The molecule has 1 aromatic heterocycles. The number of hydrogen-bond acceptors (Lipinski definition) is 3. The van der Waals surface area contributed by atoms with E-state index in [0.29, 0.717) is 12.2 Å². The van der Waals surface area contributed by atoms with Crippen molar-refractivity contribution in [2.45, 2.75) is 13.0 Å². The zero-order valence-electron chi connectivity index (χ0n) is 13.8. The maximum Gasteiger partial charge on any atom is 0.228 e. The lowest BCUT2D eigenvalue weighted by Gasteiger charge is -2.04. The Balaban J connectivity index is 1.56. The lowest BCUT2D eigenvalue weighted by Crippen LogP contribution is -2.14. The molecule has 128 valence electrons.